The Bertz CT molecular complexity index is 340. The Morgan fingerprint density at radius 2 is 2.06 bits per heavy atom. The van der Waals surface area contributed by atoms with Crippen LogP contribution in [0, 0.1) is 0 Å². The lowest BCUT2D eigenvalue weighted by molar-refractivity contribution is -0.136. The van der Waals surface area contributed by atoms with E-state index in [0.717, 1.165) is 25.7 Å². The molecule has 1 rings (SSSR count). The van der Waals surface area contributed by atoms with E-state index in [-0.39, 0.29) is 6.42 Å². The minimum Gasteiger partial charge on any atom is -0.481 e. The van der Waals surface area contributed by atoms with Crippen LogP contribution in [0.15, 0.2) is 33.5 Å². The molecule has 1 aliphatic carbocycles. The summed E-state index contributed by atoms with van der Waals surface area (Å²) in [5.74, 6) is -0.719. The maximum atomic E-state index is 10.5. The molecule has 0 saturated carbocycles. The van der Waals surface area contributed by atoms with E-state index in [2.05, 4.69) is 41.3 Å². The minimum atomic E-state index is -0.719. The highest BCUT2D eigenvalue weighted by Gasteiger charge is 2.06. The maximum Gasteiger partial charge on any atom is 0.303 e. The van der Waals surface area contributed by atoms with Crippen molar-refractivity contribution in [2.24, 2.45) is 0 Å². The third-order valence-corrected chi connectivity index (χ3v) is 3.81. The summed E-state index contributed by atoms with van der Waals surface area (Å²) in [7, 11) is 0. The van der Waals surface area contributed by atoms with Gasteiger partial charge in [-0.15, -0.1) is 0 Å². The Morgan fingerprint density at radius 3 is 2.75 bits per heavy atom. The molecule has 0 atom stereocenters. The number of rotatable bonds is 3. The van der Waals surface area contributed by atoms with Crippen molar-refractivity contribution in [3.8, 4) is 0 Å². The quantitative estimate of drug-likeness (QED) is 0.786. The number of carboxylic acid groups (broad SMARTS) is 1. The molecule has 0 spiro atoms. The second-order valence-electron chi connectivity index (χ2n) is 4.04. The van der Waals surface area contributed by atoms with E-state index in [0.29, 0.717) is 6.42 Å². The molecule has 0 aliphatic heterocycles. The molecule has 0 amide bonds. The largest absolute Gasteiger partial charge is 0.481 e. The Kier molecular flexibility index (Phi) is 5.80. The normalized spacial score (nSPS) is 21.2. The van der Waals surface area contributed by atoms with Gasteiger partial charge in [0.15, 0.2) is 0 Å². The summed E-state index contributed by atoms with van der Waals surface area (Å²) in [6, 6.07) is 0. The summed E-state index contributed by atoms with van der Waals surface area (Å²) in [5.41, 5.74) is 2.43. The third-order valence-electron chi connectivity index (χ3n) is 2.69. The Labute approximate surface area is 110 Å². The molecule has 0 unspecified atom stereocenters. The Balaban J connectivity index is 2.66. The second kappa shape index (κ2) is 6.89. The standard InChI is InChI=1S/C13H17IO2/c1-10-4-2-3-5-11(6-8-12(10)14)7-9-13(15)16/h6,8H,1-5,7,9H2,(H,15,16)/b11-6+,12-8?. The van der Waals surface area contributed by atoms with Gasteiger partial charge < -0.3 is 5.11 Å². The van der Waals surface area contributed by atoms with Gasteiger partial charge in [0, 0.05) is 10.0 Å². The van der Waals surface area contributed by atoms with Gasteiger partial charge in [-0.05, 0) is 66.3 Å². The van der Waals surface area contributed by atoms with Crippen LogP contribution in [0.4, 0.5) is 0 Å². The summed E-state index contributed by atoms with van der Waals surface area (Å²) >= 11 is 2.29. The molecule has 0 aromatic rings. The predicted octanol–water partition coefficient (Wildman–Crippen LogP) is 4.23. The summed E-state index contributed by atoms with van der Waals surface area (Å²) in [5, 5.41) is 8.66. The van der Waals surface area contributed by atoms with Crippen molar-refractivity contribution < 1.29 is 9.90 Å². The number of carboxylic acids is 1. The monoisotopic (exact) mass is 332 g/mol. The molecule has 0 radical (unpaired) electrons. The summed E-state index contributed by atoms with van der Waals surface area (Å²) < 4.78 is 1.19. The van der Waals surface area contributed by atoms with Crippen LogP contribution in [-0.2, 0) is 4.79 Å². The van der Waals surface area contributed by atoms with E-state index in [4.69, 9.17) is 5.11 Å². The molecule has 88 valence electrons. The van der Waals surface area contributed by atoms with Crippen LogP contribution < -0.4 is 0 Å². The lowest BCUT2D eigenvalue weighted by Crippen LogP contribution is -1.95. The molecule has 0 heterocycles. The number of allylic oxidation sites excluding steroid dienone is 5. The zero-order valence-corrected chi connectivity index (χ0v) is 11.5. The first-order valence-electron chi connectivity index (χ1n) is 5.55. The number of hydrogen-bond acceptors (Lipinski definition) is 1. The van der Waals surface area contributed by atoms with Crippen LogP contribution in [0.2, 0.25) is 0 Å². The Morgan fingerprint density at radius 1 is 1.38 bits per heavy atom. The number of halogens is 1. The first-order valence-corrected chi connectivity index (χ1v) is 6.62. The number of hydrogen-bond donors (Lipinski definition) is 1. The van der Waals surface area contributed by atoms with E-state index < -0.39 is 5.97 Å². The molecule has 3 heteroatoms. The molecular weight excluding hydrogens is 315 g/mol. The van der Waals surface area contributed by atoms with Gasteiger partial charge in [0.2, 0.25) is 0 Å². The van der Waals surface area contributed by atoms with E-state index >= 15 is 0 Å². The fraction of sp³-hybridized carbons (Fsp3) is 0.462. The number of aliphatic carboxylic acids is 1. The third kappa shape index (κ3) is 4.96. The average Bonchev–Trinajstić information content (AvgIpc) is 2.31. The van der Waals surface area contributed by atoms with Crippen LogP contribution in [0.1, 0.15) is 38.5 Å². The van der Waals surface area contributed by atoms with Crippen molar-refractivity contribution in [1.29, 1.82) is 0 Å². The van der Waals surface area contributed by atoms with E-state index in [9.17, 15) is 4.79 Å². The molecule has 16 heavy (non-hydrogen) atoms. The molecule has 0 bridgehead atoms. The van der Waals surface area contributed by atoms with Gasteiger partial charge in [0.05, 0.1) is 0 Å². The topological polar surface area (TPSA) is 37.3 Å². The SMILES string of the molecule is C=C1CCCC/C(CCC(=O)O)=C\C=C1I. The highest BCUT2D eigenvalue weighted by Crippen LogP contribution is 2.26. The van der Waals surface area contributed by atoms with Crippen molar-refractivity contribution in [1.82, 2.24) is 0 Å². The zero-order chi connectivity index (χ0) is 12.0. The first-order chi connectivity index (χ1) is 7.59. The van der Waals surface area contributed by atoms with Gasteiger partial charge in [0.1, 0.15) is 0 Å². The maximum absolute atomic E-state index is 10.5. The van der Waals surface area contributed by atoms with E-state index in [1.165, 1.54) is 14.7 Å². The van der Waals surface area contributed by atoms with Crippen molar-refractivity contribution >= 4 is 28.6 Å². The summed E-state index contributed by atoms with van der Waals surface area (Å²) in [6.07, 6.45) is 9.37. The van der Waals surface area contributed by atoms with Crippen LogP contribution in [0.3, 0.4) is 0 Å². The number of carbonyl (C=O) groups is 1. The highest BCUT2D eigenvalue weighted by molar-refractivity contribution is 14.1. The van der Waals surface area contributed by atoms with E-state index in [1.807, 2.05) is 0 Å². The lowest BCUT2D eigenvalue weighted by atomic mass is 10.0. The van der Waals surface area contributed by atoms with Crippen molar-refractivity contribution in [2.75, 3.05) is 0 Å². The molecule has 0 saturated heterocycles. The molecule has 2 nitrogen and oxygen atoms in total. The minimum absolute atomic E-state index is 0.233. The molecule has 1 N–H and O–H groups in total. The lowest BCUT2D eigenvalue weighted by Gasteiger charge is -2.04. The Hall–Kier alpha value is -0.580. The van der Waals surface area contributed by atoms with E-state index in [1.54, 1.807) is 0 Å². The van der Waals surface area contributed by atoms with Crippen molar-refractivity contribution in [3.05, 3.63) is 33.5 Å². The first kappa shape index (κ1) is 13.5. The van der Waals surface area contributed by atoms with Gasteiger partial charge in [-0.1, -0.05) is 18.2 Å². The smallest absolute Gasteiger partial charge is 0.303 e. The van der Waals surface area contributed by atoms with Crippen LogP contribution >= 0.6 is 22.6 Å². The molecule has 1 aliphatic rings. The predicted molar refractivity (Wildman–Crippen MR) is 74.7 cm³/mol. The van der Waals surface area contributed by atoms with Crippen molar-refractivity contribution in [2.45, 2.75) is 38.5 Å². The summed E-state index contributed by atoms with van der Waals surface area (Å²) in [6.45, 7) is 4.04. The molecule has 0 fully saturated rings. The van der Waals surface area contributed by atoms with Gasteiger partial charge in [-0.25, -0.2) is 0 Å². The van der Waals surface area contributed by atoms with Crippen LogP contribution in [0.25, 0.3) is 0 Å². The highest BCUT2D eigenvalue weighted by atomic mass is 127. The average molecular weight is 332 g/mol. The van der Waals surface area contributed by atoms with Gasteiger partial charge in [-0.3, -0.25) is 4.79 Å². The molecular formula is C13H17IO2. The van der Waals surface area contributed by atoms with Gasteiger partial charge in [0.25, 0.3) is 0 Å². The fourth-order valence-corrected chi connectivity index (χ4v) is 2.13. The fourth-order valence-electron chi connectivity index (χ4n) is 1.68. The summed E-state index contributed by atoms with van der Waals surface area (Å²) in [4.78, 5) is 10.5. The molecule has 0 aromatic carbocycles. The van der Waals surface area contributed by atoms with Gasteiger partial charge in [-0.2, -0.15) is 0 Å². The van der Waals surface area contributed by atoms with Crippen LogP contribution in [0.5, 0.6) is 0 Å². The molecule has 0 aromatic heterocycles. The van der Waals surface area contributed by atoms with Gasteiger partial charge >= 0.3 is 5.97 Å². The van der Waals surface area contributed by atoms with Crippen molar-refractivity contribution in [3.63, 3.8) is 0 Å². The van der Waals surface area contributed by atoms with Crippen LogP contribution in [-0.4, -0.2) is 11.1 Å². The second-order valence-corrected chi connectivity index (χ2v) is 5.21. The zero-order valence-electron chi connectivity index (χ0n) is 9.34.